The fraction of sp³-hybridized carbons (Fsp3) is 0.391. The van der Waals surface area contributed by atoms with E-state index in [4.69, 9.17) is 0 Å². The molecule has 28 heavy (non-hydrogen) atoms. The van der Waals surface area contributed by atoms with Crippen LogP contribution >= 0.6 is 0 Å². The van der Waals surface area contributed by atoms with E-state index in [1.165, 1.54) is 11.1 Å². The van der Waals surface area contributed by atoms with Gasteiger partial charge in [-0.3, -0.25) is 9.69 Å². The van der Waals surface area contributed by atoms with Crippen LogP contribution < -0.4 is 4.90 Å². The molecule has 2 aromatic carbocycles. The third-order valence-corrected chi connectivity index (χ3v) is 5.80. The lowest BCUT2D eigenvalue weighted by atomic mass is 10.00. The van der Waals surface area contributed by atoms with E-state index in [1.807, 2.05) is 29.2 Å². The summed E-state index contributed by atoms with van der Waals surface area (Å²) in [6.45, 7) is 5.54. The molecular weight excluding hydrogens is 348 g/mol. The number of nitriles is 1. The highest BCUT2D eigenvalue weighted by Gasteiger charge is 2.24. The second-order valence-electron chi connectivity index (χ2n) is 7.58. The first-order valence-corrected chi connectivity index (χ1v) is 10.1. The summed E-state index contributed by atoms with van der Waals surface area (Å²) < 4.78 is 0. The van der Waals surface area contributed by atoms with E-state index >= 15 is 0 Å². The minimum atomic E-state index is 0.223. The van der Waals surface area contributed by atoms with E-state index in [-0.39, 0.29) is 5.91 Å². The second-order valence-corrected chi connectivity index (χ2v) is 7.58. The van der Waals surface area contributed by atoms with Crippen LogP contribution in [-0.2, 0) is 17.8 Å². The van der Waals surface area contributed by atoms with Gasteiger partial charge in [-0.15, -0.1) is 0 Å². The molecule has 5 nitrogen and oxygen atoms in total. The van der Waals surface area contributed by atoms with Crippen LogP contribution in [0.3, 0.4) is 0 Å². The van der Waals surface area contributed by atoms with Gasteiger partial charge < -0.3 is 9.80 Å². The van der Waals surface area contributed by atoms with Crippen LogP contribution in [0, 0.1) is 11.3 Å². The number of carbonyl (C=O) groups excluding carboxylic acids is 1. The lowest BCUT2D eigenvalue weighted by Crippen LogP contribution is -2.43. The van der Waals surface area contributed by atoms with E-state index in [2.05, 4.69) is 40.1 Å². The number of anilines is 1. The summed E-state index contributed by atoms with van der Waals surface area (Å²) in [6, 6.07) is 18.5. The average Bonchev–Trinajstić information content (AvgIpc) is 2.98. The second kappa shape index (κ2) is 8.45. The van der Waals surface area contributed by atoms with Gasteiger partial charge in [0, 0.05) is 39.3 Å². The Balaban J connectivity index is 1.35. The van der Waals surface area contributed by atoms with Crippen LogP contribution in [0.1, 0.15) is 23.1 Å². The number of carbonyl (C=O) groups is 1. The number of hydrogen-bond acceptors (Lipinski definition) is 4. The average molecular weight is 374 g/mol. The quantitative estimate of drug-likeness (QED) is 0.829. The van der Waals surface area contributed by atoms with Crippen molar-refractivity contribution in [3.05, 3.63) is 65.2 Å². The van der Waals surface area contributed by atoms with Gasteiger partial charge in [0.25, 0.3) is 0 Å². The predicted octanol–water partition coefficient (Wildman–Crippen LogP) is 2.66. The van der Waals surface area contributed by atoms with Crippen LogP contribution in [0.5, 0.6) is 0 Å². The van der Waals surface area contributed by atoms with Crippen molar-refractivity contribution in [3.63, 3.8) is 0 Å². The Morgan fingerprint density at radius 1 is 0.929 bits per heavy atom. The maximum atomic E-state index is 12.9. The fourth-order valence-electron chi connectivity index (χ4n) is 4.21. The zero-order valence-electron chi connectivity index (χ0n) is 16.2. The van der Waals surface area contributed by atoms with E-state index < -0.39 is 0 Å². The molecule has 5 heteroatoms. The molecule has 1 amide bonds. The number of para-hydroxylation sites is 1. The van der Waals surface area contributed by atoms with Crippen LogP contribution in [0.4, 0.5) is 5.69 Å². The first-order valence-electron chi connectivity index (χ1n) is 10.1. The van der Waals surface area contributed by atoms with Gasteiger partial charge in [0.2, 0.25) is 5.91 Å². The summed E-state index contributed by atoms with van der Waals surface area (Å²) in [4.78, 5) is 19.4. The Bertz CT molecular complexity index is 888. The maximum absolute atomic E-state index is 12.9. The number of fused-ring (bicyclic) bond motifs is 1. The number of hydrogen-bond donors (Lipinski definition) is 0. The Hall–Kier alpha value is -2.84. The summed E-state index contributed by atoms with van der Waals surface area (Å²) in [7, 11) is 0. The Morgan fingerprint density at radius 3 is 2.57 bits per heavy atom. The smallest absolute Gasteiger partial charge is 0.237 e. The van der Waals surface area contributed by atoms with Gasteiger partial charge in [-0.25, -0.2) is 0 Å². The zero-order valence-corrected chi connectivity index (χ0v) is 16.2. The van der Waals surface area contributed by atoms with Crippen molar-refractivity contribution in [2.75, 3.05) is 44.2 Å². The summed E-state index contributed by atoms with van der Waals surface area (Å²) in [5.74, 6) is 0.223. The summed E-state index contributed by atoms with van der Waals surface area (Å²) in [6.07, 6.45) is 1.94. The van der Waals surface area contributed by atoms with E-state index in [0.717, 1.165) is 63.4 Å². The van der Waals surface area contributed by atoms with Gasteiger partial charge in [-0.05, 0) is 36.1 Å². The molecule has 0 saturated carbocycles. The number of benzene rings is 2. The van der Waals surface area contributed by atoms with Crippen molar-refractivity contribution >= 4 is 11.6 Å². The van der Waals surface area contributed by atoms with Gasteiger partial charge >= 0.3 is 0 Å². The third kappa shape index (κ3) is 4.02. The molecule has 0 N–H and O–H groups in total. The number of amides is 1. The molecule has 0 unspecified atom stereocenters. The lowest BCUT2D eigenvalue weighted by molar-refractivity contribution is -0.133. The highest BCUT2D eigenvalue weighted by atomic mass is 16.2. The molecule has 2 heterocycles. The third-order valence-electron chi connectivity index (χ3n) is 5.80. The van der Waals surface area contributed by atoms with Crippen LogP contribution in [0.15, 0.2) is 48.5 Å². The largest absolute Gasteiger partial charge is 0.369 e. The standard InChI is InChI=1S/C23H26N4O/c24-16-20-7-3-4-9-22(20)26-12-5-11-25(14-15-26)18-23(28)27-13-10-19-6-1-2-8-21(19)17-27/h1-4,6-9H,5,10-15,17-18H2. The minimum absolute atomic E-state index is 0.223. The summed E-state index contributed by atoms with van der Waals surface area (Å²) in [5, 5.41) is 9.37. The highest BCUT2D eigenvalue weighted by molar-refractivity contribution is 5.78. The molecule has 0 bridgehead atoms. The molecule has 0 atom stereocenters. The molecule has 4 rings (SSSR count). The molecule has 0 radical (unpaired) electrons. The van der Waals surface area contributed by atoms with Crippen LogP contribution in [0.2, 0.25) is 0 Å². The molecule has 2 aliphatic rings. The predicted molar refractivity (Wildman–Crippen MR) is 110 cm³/mol. The monoisotopic (exact) mass is 374 g/mol. The molecule has 144 valence electrons. The Morgan fingerprint density at radius 2 is 1.71 bits per heavy atom. The Labute approximate surface area is 166 Å². The molecular formula is C23H26N4O. The van der Waals surface area contributed by atoms with E-state index in [1.54, 1.807) is 0 Å². The maximum Gasteiger partial charge on any atom is 0.237 e. The molecule has 2 aliphatic heterocycles. The van der Waals surface area contributed by atoms with E-state index in [0.29, 0.717) is 6.54 Å². The number of nitrogens with zero attached hydrogens (tertiary/aromatic N) is 4. The SMILES string of the molecule is N#Cc1ccccc1N1CCCN(CC(=O)N2CCc3ccccc3C2)CC1. The fourth-order valence-corrected chi connectivity index (χ4v) is 4.21. The first kappa shape index (κ1) is 18.5. The van der Waals surface area contributed by atoms with Crippen molar-refractivity contribution < 1.29 is 4.79 Å². The van der Waals surface area contributed by atoms with Gasteiger partial charge in [0.1, 0.15) is 6.07 Å². The topological polar surface area (TPSA) is 50.6 Å². The molecule has 1 saturated heterocycles. The summed E-state index contributed by atoms with van der Waals surface area (Å²) in [5.41, 5.74) is 4.37. The number of rotatable bonds is 3. The summed E-state index contributed by atoms with van der Waals surface area (Å²) >= 11 is 0. The minimum Gasteiger partial charge on any atom is -0.369 e. The van der Waals surface area contributed by atoms with Crippen molar-refractivity contribution in [3.8, 4) is 6.07 Å². The molecule has 2 aromatic rings. The first-order chi connectivity index (χ1) is 13.7. The molecule has 0 spiro atoms. The van der Waals surface area contributed by atoms with Crippen LogP contribution in [-0.4, -0.2) is 55.0 Å². The van der Waals surface area contributed by atoms with Crippen LogP contribution in [0.25, 0.3) is 0 Å². The van der Waals surface area contributed by atoms with Gasteiger partial charge in [0.15, 0.2) is 0 Å². The van der Waals surface area contributed by atoms with E-state index in [9.17, 15) is 10.1 Å². The zero-order chi connectivity index (χ0) is 19.3. The normalized spacial score (nSPS) is 17.5. The van der Waals surface area contributed by atoms with Gasteiger partial charge in [-0.2, -0.15) is 5.26 Å². The van der Waals surface area contributed by atoms with Crippen molar-refractivity contribution in [1.29, 1.82) is 5.26 Å². The highest BCUT2D eigenvalue weighted by Crippen LogP contribution is 2.22. The molecule has 0 aromatic heterocycles. The van der Waals surface area contributed by atoms with Gasteiger partial charge in [-0.1, -0.05) is 36.4 Å². The molecule has 1 fully saturated rings. The lowest BCUT2D eigenvalue weighted by Gasteiger charge is -2.31. The van der Waals surface area contributed by atoms with Gasteiger partial charge in [0.05, 0.1) is 17.8 Å². The van der Waals surface area contributed by atoms with Crippen molar-refractivity contribution in [2.24, 2.45) is 0 Å². The van der Waals surface area contributed by atoms with Crippen molar-refractivity contribution in [2.45, 2.75) is 19.4 Å². The molecule has 0 aliphatic carbocycles. The Kier molecular flexibility index (Phi) is 5.59. The van der Waals surface area contributed by atoms with Crippen molar-refractivity contribution in [1.82, 2.24) is 9.80 Å².